The summed E-state index contributed by atoms with van der Waals surface area (Å²) in [5.74, 6) is 0.237. The number of ether oxygens (including phenoxy) is 1. The van der Waals surface area contributed by atoms with Crippen LogP contribution >= 0.6 is 0 Å². The molecule has 5 rings (SSSR count). The average Bonchev–Trinajstić information content (AvgIpc) is 2.89. The van der Waals surface area contributed by atoms with Crippen molar-refractivity contribution in [3.63, 3.8) is 0 Å². The van der Waals surface area contributed by atoms with Crippen molar-refractivity contribution in [3.8, 4) is 11.1 Å². The standard InChI is InChI=1S/C29H34N4O3/c34-29(35)27(26-10-4-3-9-25(26)21-13-16-30-17-14-21)33-19-24(20-33)36-18-5-1-2-8-23-12-11-22-7-6-15-31-28(22)32-23/h3-4,9-14,16-17,24,27H,1-2,5-8,15,18-20H2,(H,31,32)(H,34,35). The molecule has 0 radical (unpaired) electrons. The summed E-state index contributed by atoms with van der Waals surface area (Å²) in [5.41, 5.74) is 5.20. The van der Waals surface area contributed by atoms with E-state index in [0.29, 0.717) is 19.7 Å². The summed E-state index contributed by atoms with van der Waals surface area (Å²) < 4.78 is 6.05. The van der Waals surface area contributed by atoms with Crippen molar-refractivity contribution in [2.75, 3.05) is 31.6 Å². The Morgan fingerprint density at radius 3 is 2.75 bits per heavy atom. The first-order chi connectivity index (χ1) is 17.7. The average molecular weight is 487 g/mol. The van der Waals surface area contributed by atoms with Crippen LogP contribution in [0.5, 0.6) is 0 Å². The third-order valence-electron chi connectivity index (χ3n) is 7.10. The van der Waals surface area contributed by atoms with E-state index >= 15 is 0 Å². The summed E-state index contributed by atoms with van der Waals surface area (Å²) in [6.45, 7) is 2.99. The van der Waals surface area contributed by atoms with Gasteiger partial charge < -0.3 is 15.2 Å². The number of likely N-dealkylation sites (tertiary alicyclic amines) is 1. The third-order valence-corrected chi connectivity index (χ3v) is 7.10. The first-order valence-electron chi connectivity index (χ1n) is 13.0. The quantitative estimate of drug-likeness (QED) is 0.379. The van der Waals surface area contributed by atoms with Crippen LogP contribution in [-0.2, 0) is 22.4 Å². The van der Waals surface area contributed by atoms with Crippen molar-refractivity contribution in [2.24, 2.45) is 0 Å². The van der Waals surface area contributed by atoms with Gasteiger partial charge >= 0.3 is 5.97 Å². The number of nitrogens with one attached hydrogen (secondary N) is 1. The number of hydrogen-bond acceptors (Lipinski definition) is 6. The highest BCUT2D eigenvalue weighted by Crippen LogP contribution is 2.34. The number of aryl methyl sites for hydroxylation is 2. The first kappa shape index (κ1) is 24.4. The van der Waals surface area contributed by atoms with E-state index in [4.69, 9.17) is 9.72 Å². The molecular weight excluding hydrogens is 452 g/mol. The normalized spacial score (nSPS) is 16.6. The van der Waals surface area contributed by atoms with Crippen LogP contribution in [0, 0.1) is 0 Å². The first-order valence-corrected chi connectivity index (χ1v) is 13.0. The number of pyridine rings is 2. The molecule has 1 aromatic carbocycles. The van der Waals surface area contributed by atoms with Gasteiger partial charge in [-0.15, -0.1) is 0 Å². The molecule has 2 aliphatic rings. The predicted molar refractivity (Wildman–Crippen MR) is 140 cm³/mol. The topological polar surface area (TPSA) is 87.6 Å². The highest BCUT2D eigenvalue weighted by molar-refractivity contribution is 5.80. The lowest BCUT2D eigenvalue weighted by Crippen LogP contribution is -2.55. The summed E-state index contributed by atoms with van der Waals surface area (Å²) in [6, 6.07) is 15.3. The molecule has 3 aromatic rings. The van der Waals surface area contributed by atoms with E-state index in [-0.39, 0.29) is 6.10 Å². The van der Waals surface area contributed by atoms with Crippen molar-refractivity contribution in [3.05, 3.63) is 77.7 Å². The second kappa shape index (κ2) is 11.6. The van der Waals surface area contributed by atoms with Crippen molar-refractivity contribution < 1.29 is 14.6 Å². The Labute approximate surface area is 212 Å². The molecular formula is C29H34N4O3. The molecule has 2 N–H and O–H groups in total. The molecule has 1 atom stereocenters. The number of aromatic nitrogens is 2. The van der Waals surface area contributed by atoms with Gasteiger partial charge in [-0.25, -0.2) is 4.98 Å². The Kier molecular flexibility index (Phi) is 7.88. The molecule has 1 fully saturated rings. The van der Waals surface area contributed by atoms with Gasteiger partial charge in [-0.05, 0) is 72.6 Å². The van der Waals surface area contributed by atoms with Crippen LogP contribution < -0.4 is 5.32 Å². The molecule has 1 saturated heterocycles. The summed E-state index contributed by atoms with van der Waals surface area (Å²) in [4.78, 5) is 23.1. The van der Waals surface area contributed by atoms with E-state index in [1.54, 1.807) is 12.4 Å². The zero-order valence-corrected chi connectivity index (χ0v) is 20.6. The van der Waals surface area contributed by atoms with Crippen LogP contribution in [0.15, 0.2) is 60.9 Å². The molecule has 188 valence electrons. The third kappa shape index (κ3) is 5.74. The molecule has 1 unspecified atom stereocenters. The van der Waals surface area contributed by atoms with E-state index in [0.717, 1.165) is 66.9 Å². The fourth-order valence-corrected chi connectivity index (χ4v) is 5.14. The van der Waals surface area contributed by atoms with Gasteiger partial charge in [0.15, 0.2) is 0 Å². The zero-order valence-electron chi connectivity index (χ0n) is 20.6. The van der Waals surface area contributed by atoms with Crippen LogP contribution in [0.3, 0.4) is 0 Å². The van der Waals surface area contributed by atoms with Gasteiger partial charge in [-0.3, -0.25) is 14.7 Å². The van der Waals surface area contributed by atoms with E-state index in [2.05, 4.69) is 22.4 Å². The Bertz CT molecular complexity index is 1160. The van der Waals surface area contributed by atoms with Crippen molar-refractivity contribution in [1.82, 2.24) is 14.9 Å². The maximum absolute atomic E-state index is 12.2. The lowest BCUT2D eigenvalue weighted by Gasteiger charge is -2.42. The molecule has 7 heteroatoms. The molecule has 0 spiro atoms. The number of rotatable bonds is 11. The lowest BCUT2D eigenvalue weighted by atomic mass is 9.92. The minimum atomic E-state index is -0.832. The summed E-state index contributed by atoms with van der Waals surface area (Å²) in [6.07, 6.45) is 10.0. The van der Waals surface area contributed by atoms with Gasteiger partial charge in [0.05, 0.1) is 6.10 Å². The van der Waals surface area contributed by atoms with Gasteiger partial charge in [-0.2, -0.15) is 0 Å². The van der Waals surface area contributed by atoms with Gasteiger partial charge in [0.25, 0.3) is 0 Å². The molecule has 0 bridgehead atoms. The Morgan fingerprint density at radius 2 is 1.92 bits per heavy atom. The van der Waals surface area contributed by atoms with Crippen LogP contribution in [0.25, 0.3) is 11.1 Å². The smallest absolute Gasteiger partial charge is 0.325 e. The number of carbonyl (C=O) groups is 1. The molecule has 4 heterocycles. The largest absolute Gasteiger partial charge is 0.480 e. The molecule has 0 saturated carbocycles. The summed E-state index contributed by atoms with van der Waals surface area (Å²) in [7, 11) is 0. The number of nitrogens with zero attached hydrogens (tertiary/aromatic N) is 3. The van der Waals surface area contributed by atoms with Gasteiger partial charge in [0.2, 0.25) is 0 Å². The number of carboxylic acids is 1. The number of hydrogen-bond donors (Lipinski definition) is 2. The predicted octanol–water partition coefficient (Wildman–Crippen LogP) is 4.74. The minimum absolute atomic E-state index is 0.0910. The van der Waals surface area contributed by atoms with E-state index < -0.39 is 12.0 Å². The number of unbranched alkanes of at least 4 members (excludes halogenated alkanes) is 2. The molecule has 36 heavy (non-hydrogen) atoms. The van der Waals surface area contributed by atoms with Gasteiger partial charge in [-0.1, -0.05) is 36.8 Å². The summed E-state index contributed by atoms with van der Waals surface area (Å²) in [5, 5.41) is 13.5. The van der Waals surface area contributed by atoms with E-state index in [1.165, 1.54) is 12.0 Å². The number of fused-ring (bicyclic) bond motifs is 1. The Morgan fingerprint density at radius 1 is 1.08 bits per heavy atom. The molecule has 0 aliphatic carbocycles. The number of benzene rings is 1. The van der Waals surface area contributed by atoms with Crippen molar-refractivity contribution >= 4 is 11.8 Å². The van der Waals surface area contributed by atoms with Crippen molar-refractivity contribution in [1.29, 1.82) is 0 Å². The molecule has 2 aliphatic heterocycles. The van der Waals surface area contributed by atoms with E-state index in [9.17, 15) is 9.90 Å². The van der Waals surface area contributed by atoms with Crippen molar-refractivity contribution in [2.45, 2.75) is 50.7 Å². The Balaban J connectivity index is 1.06. The monoisotopic (exact) mass is 486 g/mol. The van der Waals surface area contributed by atoms with Crippen LogP contribution in [-0.4, -0.2) is 58.3 Å². The maximum Gasteiger partial charge on any atom is 0.325 e. The number of anilines is 1. The lowest BCUT2D eigenvalue weighted by molar-refractivity contribution is -0.150. The zero-order chi connectivity index (χ0) is 24.7. The maximum atomic E-state index is 12.2. The number of aliphatic carboxylic acids is 1. The fourth-order valence-electron chi connectivity index (χ4n) is 5.14. The second-order valence-corrected chi connectivity index (χ2v) is 9.66. The van der Waals surface area contributed by atoms with Gasteiger partial charge in [0.1, 0.15) is 11.9 Å². The number of carboxylic acid groups (broad SMARTS) is 1. The second-order valence-electron chi connectivity index (χ2n) is 9.66. The van der Waals surface area contributed by atoms with E-state index in [1.807, 2.05) is 41.3 Å². The highest BCUT2D eigenvalue weighted by atomic mass is 16.5. The van der Waals surface area contributed by atoms with Crippen LogP contribution in [0.4, 0.5) is 5.82 Å². The van der Waals surface area contributed by atoms with Crippen LogP contribution in [0.1, 0.15) is 48.5 Å². The fraction of sp³-hybridized carbons (Fsp3) is 0.414. The van der Waals surface area contributed by atoms with Crippen LogP contribution in [0.2, 0.25) is 0 Å². The highest BCUT2D eigenvalue weighted by Gasteiger charge is 2.38. The molecule has 0 amide bonds. The van der Waals surface area contributed by atoms with Gasteiger partial charge in [0, 0.05) is 44.3 Å². The minimum Gasteiger partial charge on any atom is -0.480 e. The summed E-state index contributed by atoms with van der Waals surface area (Å²) >= 11 is 0. The SMILES string of the molecule is O=C(O)C(c1ccccc1-c1ccncc1)N1CC(OCCCCCc2ccc3c(n2)NCCC3)C1. The Hall–Kier alpha value is -3.29. The molecule has 2 aromatic heterocycles. The molecule has 7 nitrogen and oxygen atoms in total.